The minimum absolute atomic E-state index is 0.106. The standard InChI is InChI=1S/C13H19N3O/c1-10-4-2-7-15-12(10)9-16-13(17)8-11-5-3-6-14-11/h2,4,7,11,14H,3,5-6,8-9H2,1H3,(H,16,17). The Labute approximate surface area is 102 Å². The maximum Gasteiger partial charge on any atom is 0.221 e. The van der Waals surface area contributed by atoms with Crippen molar-refractivity contribution in [2.24, 2.45) is 0 Å². The van der Waals surface area contributed by atoms with Gasteiger partial charge >= 0.3 is 0 Å². The van der Waals surface area contributed by atoms with Crippen molar-refractivity contribution in [3.05, 3.63) is 29.6 Å². The molecule has 0 radical (unpaired) electrons. The molecule has 0 spiro atoms. The van der Waals surface area contributed by atoms with Crippen LogP contribution < -0.4 is 10.6 Å². The van der Waals surface area contributed by atoms with Gasteiger partial charge in [0, 0.05) is 18.7 Å². The first-order valence-electron chi connectivity index (χ1n) is 6.16. The van der Waals surface area contributed by atoms with Crippen molar-refractivity contribution in [3.8, 4) is 0 Å². The second kappa shape index (κ2) is 5.77. The fourth-order valence-corrected chi connectivity index (χ4v) is 2.11. The SMILES string of the molecule is Cc1cccnc1CNC(=O)CC1CCCN1. The highest BCUT2D eigenvalue weighted by Crippen LogP contribution is 2.08. The molecule has 92 valence electrons. The molecule has 1 fully saturated rings. The highest BCUT2D eigenvalue weighted by atomic mass is 16.1. The zero-order chi connectivity index (χ0) is 12.1. The summed E-state index contributed by atoms with van der Waals surface area (Å²) < 4.78 is 0. The van der Waals surface area contributed by atoms with Gasteiger partial charge in [0.15, 0.2) is 0 Å². The van der Waals surface area contributed by atoms with E-state index in [2.05, 4.69) is 15.6 Å². The highest BCUT2D eigenvalue weighted by Gasteiger charge is 2.17. The molecule has 1 saturated heterocycles. The fourth-order valence-electron chi connectivity index (χ4n) is 2.11. The summed E-state index contributed by atoms with van der Waals surface area (Å²) in [5, 5.41) is 6.25. The third kappa shape index (κ3) is 3.53. The molecule has 17 heavy (non-hydrogen) atoms. The average molecular weight is 233 g/mol. The summed E-state index contributed by atoms with van der Waals surface area (Å²) in [5.41, 5.74) is 2.06. The summed E-state index contributed by atoms with van der Waals surface area (Å²) in [6, 6.07) is 4.27. The van der Waals surface area contributed by atoms with Gasteiger partial charge in [-0.05, 0) is 37.9 Å². The van der Waals surface area contributed by atoms with Crippen LogP contribution in [-0.2, 0) is 11.3 Å². The molecule has 1 aromatic heterocycles. The second-order valence-electron chi connectivity index (χ2n) is 4.54. The van der Waals surface area contributed by atoms with Gasteiger partial charge in [0.25, 0.3) is 0 Å². The Morgan fingerprint density at radius 2 is 2.53 bits per heavy atom. The molecule has 0 aliphatic carbocycles. The number of nitrogens with one attached hydrogen (secondary N) is 2. The van der Waals surface area contributed by atoms with E-state index in [0.29, 0.717) is 19.0 Å². The first-order chi connectivity index (χ1) is 8.25. The highest BCUT2D eigenvalue weighted by molar-refractivity contribution is 5.76. The molecule has 0 aromatic carbocycles. The van der Waals surface area contributed by atoms with Gasteiger partial charge in [-0.1, -0.05) is 6.07 Å². The quantitative estimate of drug-likeness (QED) is 0.820. The number of hydrogen-bond donors (Lipinski definition) is 2. The van der Waals surface area contributed by atoms with Crippen LogP contribution >= 0.6 is 0 Å². The van der Waals surface area contributed by atoms with Crippen molar-refractivity contribution >= 4 is 5.91 Å². The Bertz CT molecular complexity index is 386. The zero-order valence-corrected chi connectivity index (χ0v) is 10.2. The number of amides is 1. The van der Waals surface area contributed by atoms with Crippen LogP contribution in [0.1, 0.15) is 30.5 Å². The van der Waals surface area contributed by atoms with E-state index >= 15 is 0 Å². The molecular weight excluding hydrogens is 214 g/mol. The van der Waals surface area contributed by atoms with E-state index in [1.165, 1.54) is 6.42 Å². The van der Waals surface area contributed by atoms with Crippen LogP contribution in [-0.4, -0.2) is 23.5 Å². The van der Waals surface area contributed by atoms with Crippen LogP contribution in [0.25, 0.3) is 0 Å². The van der Waals surface area contributed by atoms with Gasteiger partial charge in [0.1, 0.15) is 0 Å². The zero-order valence-electron chi connectivity index (χ0n) is 10.2. The molecule has 2 heterocycles. The predicted octanol–water partition coefficient (Wildman–Crippen LogP) is 1.15. The van der Waals surface area contributed by atoms with Crippen LogP contribution in [0.15, 0.2) is 18.3 Å². The summed E-state index contributed by atoms with van der Waals surface area (Å²) in [6.45, 7) is 3.57. The van der Waals surface area contributed by atoms with Crippen molar-refractivity contribution in [2.45, 2.75) is 38.8 Å². The minimum Gasteiger partial charge on any atom is -0.350 e. The van der Waals surface area contributed by atoms with Crippen LogP contribution in [0, 0.1) is 6.92 Å². The topological polar surface area (TPSA) is 54.0 Å². The number of rotatable bonds is 4. The summed E-state index contributed by atoms with van der Waals surface area (Å²) in [7, 11) is 0. The molecule has 0 saturated carbocycles. The molecule has 1 amide bonds. The molecule has 2 N–H and O–H groups in total. The van der Waals surface area contributed by atoms with Crippen LogP contribution in [0.2, 0.25) is 0 Å². The van der Waals surface area contributed by atoms with E-state index in [4.69, 9.17) is 0 Å². The van der Waals surface area contributed by atoms with E-state index in [1.54, 1.807) is 6.20 Å². The largest absolute Gasteiger partial charge is 0.350 e. The minimum atomic E-state index is 0.106. The van der Waals surface area contributed by atoms with Crippen LogP contribution in [0.4, 0.5) is 0 Å². The van der Waals surface area contributed by atoms with E-state index in [0.717, 1.165) is 24.2 Å². The Kier molecular flexibility index (Phi) is 4.09. The van der Waals surface area contributed by atoms with Gasteiger partial charge in [-0.15, -0.1) is 0 Å². The first kappa shape index (κ1) is 12.0. The molecule has 0 bridgehead atoms. The molecule has 1 aromatic rings. The average Bonchev–Trinajstić information content (AvgIpc) is 2.81. The Morgan fingerprint density at radius 3 is 3.24 bits per heavy atom. The van der Waals surface area contributed by atoms with Crippen LogP contribution in [0.3, 0.4) is 0 Å². The number of aryl methyl sites for hydroxylation is 1. The summed E-state index contributed by atoms with van der Waals surface area (Å²) >= 11 is 0. The van der Waals surface area contributed by atoms with E-state index in [1.807, 2.05) is 19.1 Å². The van der Waals surface area contributed by atoms with Gasteiger partial charge in [-0.25, -0.2) is 0 Å². The van der Waals surface area contributed by atoms with Gasteiger partial charge in [-0.2, -0.15) is 0 Å². The summed E-state index contributed by atoms with van der Waals surface area (Å²) in [6.07, 6.45) is 4.62. The third-order valence-corrected chi connectivity index (χ3v) is 3.17. The van der Waals surface area contributed by atoms with Crippen molar-refractivity contribution in [1.82, 2.24) is 15.6 Å². The lowest BCUT2D eigenvalue weighted by molar-refractivity contribution is -0.121. The van der Waals surface area contributed by atoms with Crippen molar-refractivity contribution < 1.29 is 4.79 Å². The fraction of sp³-hybridized carbons (Fsp3) is 0.538. The summed E-state index contributed by atoms with van der Waals surface area (Å²) in [4.78, 5) is 16.0. The molecule has 1 atom stereocenters. The van der Waals surface area contributed by atoms with Crippen molar-refractivity contribution in [1.29, 1.82) is 0 Å². The van der Waals surface area contributed by atoms with Crippen molar-refractivity contribution in [3.63, 3.8) is 0 Å². The number of pyridine rings is 1. The van der Waals surface area contributed by atoms with Gasteiger partial charge in [-0.3, -0.25) is 9.78 Å². The number of hydrogen-bond acceptors (Lipinski definition) is 3. The molecule has 1 aliphatic rings. The Morgan fingerprint density at radius 1 is 1.65 bits per heavy atom. The number of aromatic nitrogens is 1. The molecule has 2 rings (SSSR count). The lowest BCUT2D eigenvalue weighted by atomic mass is 10.1. The molecule has 1 aliphatic heterocycles. The summed E-state index contributed by atoms with van der Waals surface area (Å²) in [5.74, 6) is 0.106. The Balaban J connectivity index is 1.77. The van der Waals surface area contributed by atoms with Gasteiger partial charge in [0.05, 0.1) is 12.2 Å². The first-order valence-corrected chi connectivity index (χ1v) is 6.16. The predicted molar refractivity (Wildman–Crippen MR) is 66.5 cm³/mol. The van der Waals surface area contributed by atoms with Gasteiger partial charge in [0.2, 0.25) is 5.91 Å². The van der Waals surface area contributed by atoms with Gasteiger partial charge < -0.3 is 10.6 Å². The third-order valence-electron chi connectivity index (χ3n) is 3.17. The smallest absolute Gasteiger partial charge is 0.221 e. The molecular formula is C13H19N3O. The van der Waals surface area contributed by atoms with Crippen LogP contribution in [0.5, 0.6) is 0 Å². The molecule has 4 heteroatoms. The van der Waals surface area contributed by atoms with E-state index in [9.17, 15) is 4.79 Å². The number of carbonyl (C=O) groups excluding carboxylic acids is 1. The normalized spacial score (nSPS) is 19.2. The number of nitrogens with zero attached hydrogens (tertiary/aromatic N) is 1. The Hall–Kier alpha value is -1.42. The molecule has 1 unspecified atom stereocenters. The maximum atomic E-state index is 11.7. The lowest BCUT2D eigenvalue weighted by Gasteiger charge is -2.10. The number of carbonyl (C=O) groups is 1. The lowest BCUT2D eigenvalue weighted by Crippen LogP contribution is -2.31. The monoisotopic (exact) mass is 233 g/mol. The second-order valence-corrected chi connectivity index (χ2v) is 4.54. The van der Waals surface area contributed by atoms with Crippen molar-refractivity contribution in [2.75, 3.05) is 6.54 Å². The van der Waals surface area contributed by atoms with E-state index in [-0.39, 0.29) is 5.91 Å². The van der Waals surface area contributed by atoms with E-state index < -0.39 is 0 Å². The maximum absolute atomic E-state index is 11.7. The molecule has 4 nitrogen and oxygen atoms in total.